The zero-order valence-corrected chi connectivity index (χ0v) is 9.54. The molecule has 2 heterocycles. The van der Waals surface area contributed by atoms with E-state index < -0.39 is 5.97 Å². The van der Waals surface area contributed by atoms with Crippen LogP contribution in [0.3, 0.4) is 0 Å². The quantitative estimate of drug-likeness (QED) is 0.647. The van der Waals surface area contributed by atoms with Gasteiger partial charge in [0.25, 0.3) is 0 Å². The van der Waals surface area contributed by atoms with Crippen molar-refractivity contribution >= 4 is 16.9 Å². The van der Waals surface area contributed by atoms with Gasteiger partial charge in [0.1, 0.15) is 5.58 Å². The number of carbonyl (C=O) groups excluding carboxylic acids is 1. The molecule has 0 aliphatic heterocycles. The largest absolute Gasteiger partial charge is 0.464 e. The molecule has 2 aromatic heterocycles. The first-order valence-electron chi connectivity index (χ1n) is 5.29. The van der Waals surface area contributed by atoms with Crippen LogP contribution in [-0.4, -0.2) is 18.1 Å². The number of methoxy groups -OCH3 is 1. The smallest absolute Gasteiger partial charge is 0.360 e. The van der Waals surface area contributed by atoms with E-state index in [0.717, 1.165) is 16.5 Å². The highest BCUT2D eigenvalue weighted by atomic mass is 16.5. The molecule has 1 aromatic carbocycles. The van der Waals surface area contributed by atoms with Crippen LogP contribution in [0.4, 0.5) is 0 Å². The molecular weight excluding hydrogens is 234 g/mol. The second-order valence-corrected chi connectivity index (χ2v) is 3.69. The molecule has 5 heteroatoms. The van der Waals surface area contributed by atoms with Gasteiger partial charge >= 0.3 is 5.97 Å². The van der Waals surface area contributed by atoms with Gasteiger partial charge in [-0.1, -0.05) is 0 Å². The molecule has 0 unspecified atom stereocenters. The SMILES string of the molecule is COC(=O)c1ncoc1-c1ccc2occc2c1. The van der Waals surface area contributed by atoms with Crippen molar-refractivity contribution < 1.29 is 18.4 Å². The summed E-state index contributed by atoms with van der Waals surface area (Å²) in [7, 11) is 1.31. The summed E-state index contributed by atoms with van der Waals surface area (Å²) < 4.78 is 15.2. The predicted molar refractivity (Wildman–Crippen MR) is 63.1 cm³/mol. The average Bonchev–Trinajstić information content (AvgIpc) is 3.05. The Morgan fingerprint density at radius 2 is 2.17 bits per heavy atom. The fourth-order valence-corrected chi connectivity index (χ4v) is 1.80. The maximum atomic E-state index is 11.5. The van der Waals surface area contributed by atoms with Crippen LogP contribution in [0.15, 0.2) is 45.8 Å². The molecule has 5 nitrogen and oxygen atoms in total. The van der Waals surface area contributed by atoms with Gasteiger partial charge in [-0.3, -0.25) is 0 Å². The Kier molecular flexibility index (Phi) is 2.37. The molecule has 0 radical (unpaired) electrons. The number of nitrogens with zero attached hydrogens (tertiary/aromatic N) is 1. The lowest BCUT2D eigenvalue weighted by molar-refractivity contribution is 0.0595. The number of hydrogen-bond donors (Lipinski definition) is 0. The molecule has 0 N–H and O–H groups in total. The lowest BCUT2D eigenvalue weighted by atomic mass is 10.1. The van der Waals surface area contributed by atoms with Crippen molar-refractivity contribution in [2.75, 3.05) is 7.11 Å². The van der Waals surface area contributed by atoms with Crippen LogP contribution in [0.25, 0.3) is 22.3 Å². The summed E-state index contributed by atoms with van der Waals surface area (Å²) in [6.07, 6.45) is 2.83. The van der Waals surface area contributed by atoms with Crippen molar-refractivity contribution in [3.05, 3.63) is 42.6 Å². The number of carbonyl (C=O) groups is 1. The fraction of sp³-hybridized carbons (Fsp3) is 0.0769. The van der Waals surface area contributed by atoms with Crippen LogP contribution in [0.2, 0.25) is 0 Å². The van der Waals surface area contributed by atoms with Crippen LogP contribution in [0, 0.1) is 0 Å². The molecule has 0 aliphatic rings. The second-order valence-electron chi connectivity index (χ2n) is 3.69. The topological polar surface area (TPSA) is 65.5 Å². The summed E-state index contributed by atoms with van der Waals surface area (Å²) in [6, 6.07) is 7.33. The van der Waals surface area contributed by atoms with Crippen LogP contribution in [0.1, 0.15) is 10.5 Å². The Morgan fingerprint density at radius 3 is 3.00 bits per heavy atom. The molecule has 90 valence electrons. The first kappa shape index (κ1) is 10.6. The highest BCUT2D eigenvalue weighted by molar-refractivity contribution is 5.94. The number of furan rings is 1. The Labute approximate surface area is 102 Å². The van der Waals surface area contributed by atoms with E-state index in [1.807, 2.05) is 18.2 Å². The van der Waals surface area contributed by atoms with E-state index in [4.69, 9.17) is 8.83 Å². The van der Waals surface area contributed by atoms with Crippen molar-refractivity contribution in [2.24, 2.45) is 0 Å². The summed E-state index contributed by atoms with van der Waals surface area (Å²) in [5, 5.41) is 0.930. The normalized spacial score (nSPS) is 10.7. The number of esters is 1. The molecule has 0 bridgehead atoms. The third kappa shape index (κ3) is 1.57. The number of benzene rings is 1. The Morgan fingerprint density at radius 1 is 1.28 bits per heavy atom. The van der Waals surface area contributed by atoms with E-state index in [0.29, 0.717) is 5.76 Å². The molecule has 0 atom stereocenters. The first-order chi connectivity index (χ1) is 8.79. The van der Waals surface area contributed by atoms with Gasteiger partial charge in [0.15, 0.2) is 17.8 Å². The Balaban J connectivity index is 2.14. The van der Waals surface area contributed by atoms with E-state index in [2.05, 4.69) is 9.72 Å². The zero-order chi connectivity index (χ0) is 12.5. The Hall–Kier alpha value is -2.56. The molecule has 0 saturated carbocycles. The second kappa shape index (κ2) is 4.03. The van der Waals surface area contributed by atoms with Crippen molar-refractivity contribution in [3.63, 3.8) is 0 Å². The highest BCUT2D eigenvalue weighted by Gasteiger charge is 2.19. The van der Waals surface area contributed by atoms with Gasteiger partial charge in [-0.2, -0.15) is 0 Å². The van der Waals surface area contributed by atoms with Crippen molar-refractivity contribution in [3.8, 4) is 11.3 Å². The first-order valence-corrected chi connectivity index (χ1v) is 5.29. The molecular formula is C13H9NO4. The minimum Gasteiger partial charge on any atom is -0.464 e. The molecule has 18 heavy (non-hydrogen) atoms. The summed E-state index contributed by atoms with van der Waals surface area (Å²) >= 11 is 0. The van der Waals surface area contributed by atoms with Crippen molar-refractivity contribution in [2.45, 2.75) is 0 Å². The Bertz CT molecular complexity index is 710. The molecule has 0 amide bonds. The number of aromatic nitrogens is 1. The van der Waals surface area contributed by atoms with Crippen LogP contribution in [0.5, 0.6) is 0 Å². The lowest BCUT2D eigenvalue weighted by Crippen LogP contribution is -2.03. The third-order valence-electron chi connectivity index (χ3n) is 2.66. The summed E-state index contributed by atoms with van der Waals surface area (Å²) in [6.45, 7) is 0. The minimum absolute atomic E-state index is 0.167. The number of ether oxygens (including phenoxy) is 1. The summed E-state index contributed by atoms with van der Waals surface area (Å²) in [4.78, 5) is 15.4. The lowest BCUT2D eigenvalue weighted by Gasteiger charge is -1.99. The van der Waals surface area contributed by atoms with Crippen LogP contribution >= 0.6 is 0 Å². The highest BCUT2D eigenvalue weighted by Crippen LogP contribution is 2.27. The maximum Gasteiger partial charge on any atom is 0.360 e. The van der Waals surface area contributed by atoms with Gasteiger partial charge in [-0.15, -0.1) is 0 Å². The van der Waals surface area contributed by atoms with Crippen molar-refractivity contribution in [1.82, 2.24) is 4.98 Å². The molecule has 0 spiro atoms. The average molecular weight is 243 g/mol. The standard InChI is InChI=1S/C13H9NO4/c1-16-13(15)11-12(18-7-14-11)9-2-3-10-8(6-9)4-5-17-10/h2-7H,1H3. The molecule has 0 aliphatic carbocycles. The van der Waals surface area contributed by atoms with Crippen molar-refractivity contribution in [1.29, 1.82) is 0 Å². The predicted octanol–water partition coefficient (Wildman–Crippen LogP) is 2.87. The fourth-order valence-electron chi connectivity index (χ4n) is 1.80. The summed E-state index contributed by atoms with van der Waals surface area (Å²) in [5.41, 5.74) is 1.69. The number of hydrogen-bond acceptors (Lipinski definition) is 5. The van der Waals surface area contributed by atoms with Gasteiger partial charge in [0.05, 0.1) is 13.4 Å². The molecule has 0 saturated heterocycles. The van der Waals surface area contributed by atoms with E-state index >= 15 is 0 Å². The minimum atomic E-state index is -0.522. The van der Waals surface area contributed by atoms with E-state index in [-0.39, 0.29) is 5.69 Å². The van der Waals surface area contributed by atoms with Gasteiger partial charge in [0.2, 0.25) is 0 Å². The molecule has 3 rings (SSSR count). The van der Waals surface area contributed by atoms with E-state index in [1.54, 1.807) is 12.3 Å². The number of oxazole rings is 1. The third-order valence-corrected chi connectivity index (χ3v) is 2.66. The van der Waals surface area contributed by atoms with Gasteiger partial charge < -0.3 is 13.6 Å². The van der Waals surface area contributed by atoms with Crippen LogP contribution < -0.4 is 0 Å². The number of rotatable bonds is 2. The molecule has 3 aromatic rings. The number of fused-ring (bicyclic) bond motifs is 1. The van der Waals surface area contributed by atoms with Crippen LogP contribution in [-0.2, 0) is 4.74 Å². The molecule has 0 fully saturated rings. The van der Waals surface area contributed by atoms with Gasteiger partial charge in [-0.25, -0.2) is 9.78 Å². The van der Waals surface area contributed by atoms with E-state index in [9.17, 15) is 4.79 Å². The maximum absolute atomic E-state index is 11.5. The van der Waals surface area contributed by atoms with Gasteiger partial charge in [0, 0.05) is 10.9 Å². The van der Waals surface area contributed by atoms with E-state index in [1.165, 1.54) is 13.5 Å². The summed E-state index contributed by atoms with van der Waals surface area (Å²) in [5.74, 6) is -0.129. The monoisotopic (exact) mass is 243 g/mol. The van der Waals surface area contributed by atoms with Gasteiger partial charge in [-0.05, 0) is 24.3 Å². The zero-order valence-electron chi connectivity index (χ0n) is 9.54.